The van der Waals surface area contributed by atoms with Crippen LogP contribution in [0.25, 0.3) is 0 Å². The molecule has 0 aliphatic carbocycles. The summed E-state index contributed by atoms with van der Waals surface area (Å²) in [5.74, 6) is 0.556. The molecule has 0 aromatic heterocycles. The maximum Gasteiger partial charge on any atom is 0.325 e. The van der Waals surface area contributed by atoms with E-state index in [1.165, 1.54) is 7.11 Å². The van der Waals surface area contributed by atoms with E-state index in [9.17, 15) is 4.79 Å². The summed E-state index contributed by atoms with van der Waals surface area (Å²) in [5.41, 5.74) is 0.930. The fraction of sp³-hybridized carbons (Fsp3) is 0.364. The third-order valence-electron chi connectivity index (χ3n) is 2.43. The minimum Gasteiger partial charge on any atom is -0.490 e. The van der Waals surface area contributed by atoms with Crippen molar-refractivity contribution in [3.05, 3.63) is 22.7 Å². The van der Waals surface area contributed by atoms with E-state index in [1.807, 2.05) is 23.1 Å². The second kappa shape index (κ2) is 4.74. The predicted octanol–water partition coefficient (Wildman–Crippen LogP) is 1.82. The fourth-order valence-corrected chi connectivity index (χ4v) is 1.98. The number of methoxy groups -OCH3 is 1. The average molecular weight is 286 g/mol. The van der Waals surface area contributed by atoms with Crippen LogP contribution in [0.15, 0.2) is 22.7 Å². The van der Waals surface area contributed by atoms with Crippen LogP contribution in [0, 0.1) is 0 Å². The molecule has 1 aliphatic rings. The van der Waals surface area contributed by atoms with Crippen LogP contribution in [-0.2, 0) is 9.53 Å². The Morgan fingerprint density at radius 1 is 1.62 bits per heavy atom. The Hall–Kier alpha value is -1.23. The molecule has 0 unspecified atom stereocenters. The van der Waals surface area contributed by atoms with Gasteiger partial charge in [-0.3, -0.25) is 4.79 Å². The van der Waals surface area contributed by atoms with Gasteiger partial charge in [0.2, 0.25) is 0 Å². The number of nitrogens with zero attached hydrogens (tertiary/aromatic N) is 1. The predicted molar refractivity (Wildman–Crippen MR) is 63.9 cm³/mol. The minimum atomic E-state index is -0.240. The number of fused-ring (bicyclic) bond motifs is 1. The minimum absolute atomic E-state index is 0.240. The number of hydrogen-bond donors (Lipinski definition) is 0. The maximum absolute atomic E-state index is 11.2. The first-order valence-corrected chi connectivity index (χ1v) is 5.74. The zero-order chi connectivity index (χ0) is 11.5. The molecule has 0 amide bonds. The molecule has 0 radical (unpaired) electrons. The summed E-state index contributed by atoms with van der Waals surface area (Å²) in [6.07, 6.45) is 0. The molecule has 0 atom stereocenters. The van der Waals surface area contributed by atoms with E-state index in [2.05, 4.69) is 20.7 Å². The number of carbonyl (C=O) groups excluding carboxylic acids is 1. The normalized spacial score (nSPS) is 14.0. The number of rotatable bonds is 2. The number of anilines is 1. The first kappa shape index (κ1) is 11.3. The molecule has 1 heterocycles. The largest absolute Gasteiger partial charge is 0.490 e. The summed E-state index contributed by atoms with van der Waals surface area (Å²) in [5, 5.41) is 0. The highest BCUT2D eigenvalue weighted by Crippen LogP contribution is 2.33. The molecule has 0 saturated carbocycles. The van der Waals surface area contributed by atoms with Crippen molar-refractivity contribution in [3.8, 4) is 5.75 Å². The van der Waals surface area contributed by atoms with Crippen LogP contribution in [0.2, 0.25) is 0 Å². The molecule has 2 rings (SSSR count). The summed E-state index contributed by atoms with van der Waals surface area (Å²) < 4.78 is 11.2. The van der Waals surface area contributed by atoms with Gasteiger partial charge in [0.1, 0.15) is 18.9 Å². The summed E-state index contributed by atoms with van der Waals surface area (Å²) in [4.78, 5) is 13.2. The molecule has 0 saturated heterocycles. The average Bonchev–Trinajstić information content (AvgIpc) is 2.28. The van der Waals surface area contributed by atoms with Gasteiger partial charge in [-0.1, -0.05) is 15.9 Å². The van der Waals surface area contributed by atoms with Crippen molar-refractivity contribution in [2.75, 3.05) is 31.7 Å². The van der Waals surface area contributed by atoms with E-state index in [0.717, 1.165) is 15.9 Å². The highest BCUT2D eigenvalue weighted by molar-refractivity contribution is 9.10. The highest BCUT2D eigenvalue weighted by Gasteiger charge is 2.20. The standard InChI is InChI=1S/C11H12BrNO3/c1-15-11(14)7-13-4-5-16-10-6-8(12)2-3-9(10)13/h2-3,6H,4-5,7H2,1H3. The van der Waals surface area contributed by atoms with Gasteiger partial charge >= 0.3 is 5.97 Å². The van der Waals surface area contributed by atoms with E-state index >= 15 is 0 Å². The molecule has 1 aliphatic heterocycles. The van der Waals surface area contributed by atoms with Crippen LogP contribution < -0.4 is 9.64 Å². The number of ether oxygens (including phenoxy) is 2. The summed E-state index contributed by atoms with van der Waals surface area (Å²) in [6, 6.07) is 5.76. The number of halogens is 1. The van der Waals surface area contributed by atoms with E-state index in [1.54, 1.807) is 0 Å². The first-order valence-electron chi connectivity index (χ1n) is 4.95. The number of hydrogen-bond acceptors (Lipinski definition) is 4. The number of benzene rings is 1. The van der Waals surface area contributed by atoms with Crippen molar-refractivity contribution in [1.29, 1.82) is 0 Å². The zero-order valence-corrected chi connectivity index (χ0v) is 10.5. The smallest absolute Gasteiger partial charge is 0.325 e. The third kappa shape index (κ3) is 2.29. The van der Waals surface area contributed by atoms with Gasteiger partial charge in [0.05, 0.1) is 19.3 Å². The molecule has 0 fully saturated rings. The fourth-order valence-electron chi connectivity index (χ4n) is 1.64. The number of esters is 1. The van der Waals surface area contributed by atoms with Gasteiger partial charge in [0.15, 0.2) is 0 Å². The lowest BCUT2D eigenvalue weighted by molar-refractivity contribution is -0.139. The second-order valence-corrected chi connectivity index (χ2v) is 4.37. The van der Waals surface area contributed by atoms with Gasteiger partial charge < -0.3 is 14.4 Å². The zero-order valence-electron chi connectivity index (χ0n) is 8.90. The van der Waals surface area contributed by atoms with Gasteiger partial charge in [-0.2, -0.15) is 0 Å². The summed E-state index contributed by atoms with van der Waals surface area (Å²) in [7, 11) is 1.39. The molecule has 0 bridgehead atoms. The molecule has 0 N–H and O–H groups in total. The molecule has 1 aromatic carbocycles. The number of carbonyl (C=O) groups is 1. The monoisotopic (exact) mass is 285 g/mol. The molecule has 4 nitrogen and oxygen atoms in total. The highest BCUT2D eigenvalue weighted by atomic mass is 79.9. The molecule has 1 aromatic rings. The van der Waals surface area contributed by atoms with Gasteiger partial charge in [-0.05, 0) is 18.2 Å². The Balaban J connectivity index is 2.23. The molecular formula is C11H12BrNO3. The first-order chi connectivity index (χ1) is 7.70. The Labute approximate surface area is 102 Å². The SMILES string of the molecule is COC(=O)CN1CCOc2cc(Br)ccc21. The van der Waals surface area contributed by atoms with Gasteiger partial charge in [-0.25, -0.2) is 0 Å². The van der Waals surface area contributed by atoms with Crippen LogP contribution in [0.3, 0.4) is 0 Å². The summed E-state index contributed by atoms with van der Waals surface area (Å²) in [6.45, 7) is 1.54. The Morgan fingerprint density at radius 2 is 2.44 bits per heavy atom. The Morgan fingerprint density at radius 3 is 3.19 bits per heavy atom. The van der Waals surface area contributed by atoms with E-state index in [4.69, 9.17) is 4.74 Å². The van der Waals surface area contributed by atoms with Crippen LogP contribution in [0.5, 0.6) is 5.75 Å². The van der Waals surface area contributed by atoms with Crippen LogP contribution in [0.1, 0.15) is 0 Å². The lowest BCUT2D eigenvalue weighted by Crippen LogP contribution is -2.37. The Bertz CT molecular complexity index is 408. The lowest BCUT2D eigenvalue weighted by atomic mass is 10.2. The van der Waals surface area contributed by atoms with Gasteiger partial charge in [0.25, 0.3) is 0 Å². The molecule has 16 heavy (non-hydrogen) atoms. The third-order valence-corrected chi connectivity index (χ3v) is 2.92. The molecule has 0 spiro atoms. The van der Waals surface area contributed by atoms with Crippen LogP contribution >= 0.6 is 15.9 Å². The van der Waals surface area contributed by atoms with Gasteiger partial charge in [0, 0.05) is 4.47 Å². The summed E-state index contributed by atoms with van der Waals surface area (Å²) >= 11 is 3.38. The Kier molecular flexibility index (Phi) is 3.33. The van der Waals surface area contributed by atoms with E-state index in [0.29, 0.717) is 13.2 Å². The van der Waals surface area contributed by atoms with Crippen molar-refractivity contribution in [2.24, 2.45) is 0 Å². The molecule has 86 valence electrons. The van der Waals surface area contributed by atoms with Crippen molar-refractivity contribution in [1.82, 2.24) is 0 Å². The lowest BCUT2D eigenvalue weighted by Gasteiger charge is -2.30. The second-order valence-electron chi connectivity index (χ2n) is 3.46. The quantitative estimate of drug-likeness (QED) is 0.777. The van der Waals surface area contributed by atoms with Crippen molar-refractivity contribution < 1.29 is 14.3 Å². The van der Waals surface area contributed by atoms with Gasteiger partial charge in [-0.15, -0.1) is 0 Å². The van der Waals surface area contributed by atoms with E-state index < -0.39 is 0 Å². The molecule has 5 heteroatoms. The van der Waals surface area contributed by atoms with Crippen LogP contribution in [0.4, 0.5) is 5.69 Å². The van der Waals surface area contributed by atoms with Crippen molar-refractivity contribution in [3.63, 3.8) is 0 Å². The van der Waals surface area contributed by atoms with Crippen molar-refractivity contribution >= 4 is 27.6 Å². The van der Waals surface area contributed by atoms with Crippen LogP contribution in [-0.4, -0.2) is 32.8 Å². The topological polar surface area (TPSA) is 38.8 Å². The van der Waals surface area contributed by atoms with E-state index in [-0.39, 0.29) is 12.5 Å². The van der Waals surface area contributed by atoms with Crippen molar-refractivity contribution in [2.45, 2.75) is 0 Å². The maximum atomic E-state index is 11.2. The molecular weight excluding hydrogens is 274 g/mol.